The number of alkyl halides is 3. The second-order valence-electron chi connectivity index (χ2n) is 6.50. The van der Waals surface area contributed by atoms with E-state index in [1.54, 1.807) is 6.07 Å². The monoisotopic (exact) mass is 401 g/mol. The highest BCUT2D eigenvalue weighted by Gasteiger charge is 2.36. The van der Waals surface area contributed by atoms with Crippen LogP contribution < -0.4 is 16.1 Å². The molecule has 9 heteroatoms. The number of rotatable bonds is 6. The first kappa shape index (κ1) is 21.4. The van der Waals surface area contributed by atoms with Crippen LogP contribution in [0.5, 0.6) is 0 Å². The van der Waals surface area contributed by atoms with Crippen molar-refractivity contribution in [2.45, 2.75) is 38.9 Å². The number of nitrogens with zero attached hydrogens (tertiary/aromatic N) is 3. The molecule has 27 heavy (non-hydrogen) atoms. The third-order valence-electron chi connectivity index (χ3n) is 4.83. The fraction of sp³-hybridized carbons (Fsp3) is 0.556. The second-order valence-corrected chi connectivity index (χ2v) is 6.94. The minimum atomic E-state index is -4.44. The Morgan fingerprint density at radius 1 is 1.26 bits per heavy atom. The smallest absolute Gasteiger partial charge is 0.375 e. The highest BCUT2D eigenvalue weighted by Crippen LogP contribution is 2.37. The van der Waals surface area contributed by atoms with E-state index < -0.39 is 11.7 Å². The van der Waals surface area contributed by atoms with Crippen LogP contribution in [0.4, 0.5) is 18.9 Å². The highest BCUT2D eigenvalue weighted by atomic mass is 32.1. The van der Waals surface area contributed by atoms with Crippen molar-refractivity contribution in [2.75, 3.05) is 31.1 Å². The van der Waals surface area contributed by atoms with E-state index in [1.807, 2.05) is 4.90 Å². The molecule has 0 radical (unpaired) electrons. The van der Waals surface area contributed by atoms with Crippen LogP contribution in [0.25, 0.3) is 0 Å². The molecule has 0 atom stereocenters. The zero-order chi connectivity index (χ0) is 20.0. The van der Waals surface area contributed by atoms with Crippen molar-refractivity contribution in [3.05, 3.63) is 29.3 Å². The minimum Gasteiger partial charge on any atom is -0.375 e. The number of halogens is 3. The van der Waals surface area contributed by atoms with Gasteiger partial charge in [-0.05, 0) is 42.8 Å². The summed E-state index contributed by atoms with van der Waals surface area (Å²) in [6, 6.07) is 4.72. The maximum Gasteiger partial charge on any atom is 0.418 e. The Morgan fingerprint density at radius 3 is 2.41 bits per heavy atom. The molecule has 0 aliphatic carbocycles. The summed E-state index contributed by atoms with van der Waals surface area (Å²) in [5.74, 6) is 0. The van der Waals surface area contributed by atoms with Crippen molar-refractivity contribution >= 4 is 29.2 Å². The summed E-state index contributed by atoms with van der Waals surface area (Å²) in [5.41, 5.74) is 7.47. The van der Waals surface area contributed by atoms with E-state index in [2.05, 4.69) is 41.5 Å². The van der Waals surface area contributed by atoms with Gasteiger partial charge in [0, 0.05) is 37.9 Å². The van der Waals surface area contributed by atoms with Gasteiger partial charge in [0.1, 0.15) is 0 Å². The van der Waals surface area contributed by atoms with E-state index in [4.69, 9.17) is 5.73 Å². The van der Waals surface area contributed by atoms with Crippen molar-refractivity contribution in [3.8, 4) is 0 Å². The number of thiocarbonyl (C=S) groups is 1. The standard InChI is InChI=1S/C18H26F3N5S/c1-3-14(4-2)25-7-9-26(10-8-25)16-6-5-13(12-23-24-17(22)27)11-15(16)18(19,20)21/h5-6,11-12,14H,3-4,7-10H2,1-2H3,(H3,22,24,27). The van der Waals surface area contributed by atoms with Crippen LogP contribution in [-0.4, -0.2) is 48.4 Å². The van der Waals surface area contributed by atoms with Gasteiger partial charge < -0.3 is 10.6 Å². The highest BCUT2D eigenvalue weighted by molar-refractivity contribution is 7.80. The molecule has 0 amide bonds. The number of nitrogens with one attached hydrogen (secondary N) is 1. The maximum absolute atomic E-state index is 13.6. The number of benzene rings is 1. The molecule has 1 heterocycles. The largest absolute Gasteiger partial charge is 0.418 e. The molecule has 3 N–H and O–H groups in total. The van der Waals surface area contributed by atoms with Gasteiger partial charge in [0.25, 0.3) is 0 Å². The maximum atomic E-state index is 13.6. The average Bonchev–Trinajstić information content (AvgIpc) is 2.62. The molecule has 2 rings (SSSR count). The third kappa shape index (κ3) is 5.80. The van der Waals surface area contributed by atoms with Crippen molar-refractivity contribution in [1.82, 2.24) is 10.3 Å². The van der Waals surface area contributed by atoms with Crippen LogP contribution in [0, 0.1) is 0 Å². The number of piperazine rings is 1. The Labute approximate surface area is 163 Å². The zero-order valence-electron chi connectivity index (χ0n) is 15.6. The number of anilines is 1. The van der Waals surface area contributed by atoms with Gasteiger partial charge >= 0.3 is 6.18 Å². The second kappa shape index (κ2) is 9.36. The van der Waals surface area contributed by atoms with Crippen LogP contribution in [0.1, 0.15) is 37.8 Å². The Hall–Kier alpha value is -1.87. The predicted octanol–water partition coefficient (Wildman–Crippen LogP) is 3.18. The number of nitrogens with two attached hydrogens (primary N) is 1. The summed E-state index contributed by atoms with van der Waals surface area (Å²) in [7, 11) is 0. The van der Waals surface area contributed by atoms with E-state index in [9.17, 15) is 13.2 Å². The molecule has 0 aromatic heterocycles. The van der Waals surface area contributed by atoms with Crippen molar-refractivity contribution < 1.29 is 13.2 Å². The normalized spacial score (nSPS) is 16.3. The molecule has 0 bridgehead atoms. The summed E-state index contributed by atoms with van der Waals surface area (Å²) < 4.78 is 40.8. The molecular weight excluding hydrogens is 375 g/mol. The van der Waals surface area contributed by atoms with Gasteiger partial charge in [0.05, 0.1) is 11.8 Å². The molecule has 1 aliphatic heterocycles. The van der Waals surface area contributed by atoms with Crippen LogP contribution in [0.2, 0.25) is 0 Å². The molecule has 1 fully saturated rings. The first-order chi connectivity index (χ1) is 12.8. The van der Waals surface area contributed by atoms with E-state index in [-0.39, 0.29) is 10.8 Å². The summed E-state index contributed by atoms with van der Waals surface area (Å²) >= 11 is 4.61. The van der Waals surface area contributed by atoms with E-state index >= 15 is 0 Å². The van der Waals surface area contributed by atoms with Crippen molar-refractivity contribution in [1.29, 1.82) is 0 Å². The first-order valence-corrected chi connectivity index (χ1v) is 9.45. The fourth-order valence-electron chi connectivity index (χ4n) is 3.44. The topological polar surface area (TPSA) is 56.9 Å². The number of hydrazone groups is 1. The summed E-state index contributed by atoms with van der Waals surface area (Å²) in [6.45, 7) is 6.99. The number of hydrogen-bond donors (Lipinski definition) is 2. The van der Waals surface area contributed by atoms with E-state index in [1.165, 1.54) is 12.3 Å². The lowest BCUT2D eigenvalue weighted by Crippen LogP contribution is -2.50. The molecule has 1 aromatic rings. The molecule has 0 unspecified atom stereocenters. The lowest BCUT2D eigenvalue weighted by atomic mass is 10.1. The van der Waals surface area contributed by atoms with Gasteiger partial charge in [0.15, 0.2) is 5.11 Å². The molecule has 5 nitrogen and oxygen atoms in total. The Balaban J connectivity index is 2.19. The average molecular weight is 402 g/mol. The zero-order valence-corrected chi connectivity index (χ0v) is 16.4. The van der Waals surface area contributed by atoms with Gasteiger partial charge in [-0.2, -0.15) is 18.3 Å². The minimum absolute atomic E-state index is 0.0470. The van der Waals surface area contributed by atoms with Crippen LogP contribution in [0.15, 0.2) is 23.3 Å². The quantitative estimate of drug-likeness (QED) is 0.436. The van der Waals surface area contributed by atoms with Crippen molar-refractivity contribution in [3.63, 3.8) is 0 Å². The predicted molar refractivity (Wildman–Crippen MR) is 107 cm³/mol. The fourth-order valence-corrected chi connectivity index (χ4v) is 3.49. The molecule has 0 saturated carbocycles. The van der Waals surface area contributed by atoms with Crippen LogP contribution >= 0.6 is 12.2 Å². The molecule has 1 aromatic carbocycles. The van der Waals surface area contributed by atoms with Crippen LogP contribution in [0.3, 0.4) is 0 Å². The Bertz CT molecular complexity index is 665. The molecule has 0 spiro atoms. The van der Waals surface area contributed by atoms with E-state index in [0.717, 1.165) is 32.0 Å². The first-order valence-electron chi connectivity index (χ1n) is 9.05. The lowest BCUT2D eigenvalue weighted by molar-refractivity contribution is -0.137. The van der Waals surface area contributed by atoms with E-state index in [0.29, 0.717) is 24.7 Å². The van der Waals surface area contributed by atoms with Gasteiger partial charge in [-0.1, -0.05) is 19.9 Å². The Morgan fingerprint density at radius 2 is 1.89 bits per heavy atom. The summed E-state index contributed by atoms with van der Waals surface area (Å²) in [6.07, 6.45) is -1.07. The molecular formula is C18H26F3N5S. The summed E-state index contributed by atoms with van der Waals surface area (Å²) in [4.78, 5) is 4.18. The summed E-state index contributed by atoms with van der Waals surface area (Å²) in [5, 5.41) is 3.68. The Kier molecular flexibility index (Phi) is 7.43. The lowest BCUT2D eigenvalue weighted by Gasteiger charge is -2.40. The van der Waals surface area contributed by atoms with Gasteiger partial charge in [-0.3, -0.25) is 10.3 Å². The molecule has 1 saturated heterocycles. The van der Waals surface area contributed by atoms with Crippen LogP contribution in [-0.2, 0) is 6.18 Å². The third-order valence-corrected chi connectivity index (χ3v) is 4.92. The molecule has 150 valence electrons. The number of hydrogen-bond acceptors (Lipinski definition) is 4. The van der Waals surface area contributed by atoms with Gasteiger partial charge in [-0.25, -0.2) is 0 Å². The van der Waals surface area contributed by atoms with Gasteiger partial charge in [0.2, 0.25) is 0 Å². The SMILES string of the molecule is CCC(CC)N1CCN(c2ccc(C=NNC(N)=S)cc2C(F)(F)F)CC1. The molecule has 1 aliphatic rings. The van der Waals surface area contributed by atoms with Gasteiger partial charge in [-0.15, -0.1) is 0 Å². The van der Waals surface area contributed by atoms with Crippen molar-refractivity contribution in [2.24, 2.45) is 10.8 Å².